The van der Waals surface area contributed by atoms with Crippen molar-refractivity contribution in [3.8, 4) is 11.4 Å². The molecule has 0 aliphatic carbocycles. The lowest BCUT2D eigenvalue weighted by Gasteiger charge is -2.31. The first-order chi connectivity index (χ1) is 17.1. The Labute approximate surface area is 209 Å². The van der Waals surface area contributed by atoms with Crippen molar-refractivity contribution in [3.05, 3.63) is 29.4 Å². The van der Waals surface area contributed by atoms with E-state index in [1.54, 1.807) is 11.3 Å². The summed E-state index contributed by atoms with van der Waals surface area (Å²) in [6.07, 6.45) is 1.83. The molecule has 13 heteroatoms. The molecule has 0 atom stereocenters. The number of fused-ring (bicyclic) bond motifs is 2. The Morgan fingerprint density at radius 3 is 2.60 bits per heavy atom. The van der Waals surface area contributed by atoms with E-state index in [9.17, 15) is 0 Å². The lowest BCUT2D eigenvalue weighted by atomic mass is 10.1. The quantitative estimate of drug-likeness (QED) is 0.429. The Morgan fingerprint density at radius 2 is 1.83 bits per heavy atom. The van der Waals surface area contributed by atoms with Crippen LogP contribution in [0.15, 0.2) is 24.4 Å². The van der Waals surface area contributed by atoms with Crippen LogP contribution in [-0.4, -0.2) is 103 Å². The molecule has 4 aromatic rings. The largest absolute Gasteiger partial charge is 0.378 e. The van der Waals surface area contributed by atoms with E-state index in [4.69, 9.17) is 28.1 Å². The minimum absolute atomic E-state index is 0.707. The number of nitrogens with one attached hydrogen (secondary N) is 1. The van der Waals surface area contributed by atoms with Gasteiger partial charge in [0, 0.05) is 50.2 Å². The number of aromatic nitrogens is 5. The summed E-state index contributed by atoms with van der Waals surface area (Å²) in [6, 6.07) is 6.16. The number of aromatic amines is 1. The summed E-state index contributed by atoms with van der Waals surface area (Å²) < 4.78 is 23.2. The fourth-order valence-electron chi connectivity index (χ4n) is 4.32. The van der Waals surface area contributed by atoms with Gasteiger partial charge in [0.25, 0.3) is 0 Å². The molecular weight excluding hydrogens is 488 g/mol. The molecule has 0 bridgehead atoms. The van der Waals surface area contributed by atoms with E-state index < -0.39 is 11.6 Å². The van der Waals surface area contributed by atoms with Gasteiger partial charge in [0.1, 0.15) is 9.71 Å². The number of hydrogen-bond acceptors (Lipinski definition) is 11. The number of hydrogen-bond donors (Lipinski definition) is 1. The minimum atomic E-state index is -0.750. The molecule has 11 nitrogen and oxygen atoms in total. The maximum Gasteiger partial charge on any atom is 0.335 e. The Hall–Kier alpha value is -2.84. The molecule has 2 aliphatic heterocycles. The predicted molar refractivity (Wildman–Crippen MR) is 135 cm³/mol. The third kappa shape index (κ3) is 5.38. The molecule has 0 saturated carbocycles. The molecule has 1 N–H and O–H groups in total. The van der Waals surface area contributed by atoms with Gasteiger partial charge < -0.3 is 14.5 Å². The Balaban J connectivity index is 0.000000806. The van der Waals surface area contributed by atoms with E-state index in [-0.39, 0.29) is 0 Å². The highest BCUT2D eigenvalue weighted by atomic mass is 32.1. The second kappa shape index (κ2) is 10.8. The smallest absolute Gasteiger partial charge is 0.335 e. The van der Waals surface area contributed by atoms with Crippen molar-refractivity contribution < 1.29 is 13.2 Å². The van der Waals surface area contributed by atoms with Crippen molar-refractivity contribution in [2.24, 2.45) is 0 Å². The normalized spacial score (nSPS) is 17.5. The standard InChI is InChI=1S/C22H26N8OS.O2S/c1-28-4-6-29(7-5-28)14-18-24-21-19(32-18)22(30-8-10-31-11-9-30)26-20(25-21)15-2-3-17-16(12-15)13-23-27-17;1-3-2/h2-3,12-13H,4-11,14H2,1H3,(H,23,27);. The first-order valence-corrected chi connectivity index (χ1v) is 12.9. The second-order valence-electron chi connectivity index (χ2n) is 8.55. The third-order valence-electron chi connectivity index (χ3n) is 6.24. The number of likely N-dealkylation sites (N-methyl/N-ethyl adjacent to an activating group) is 1. The molecule has 2 aliphatic rings. The van der Waals surface area contributed by atoms with E-state index in [2.05, 4.69) is 38.0 Å². The van der Waals surface area contributed by atoms with Crippen LogP contribution in [0.1, 0.15) is 5.01 Å². The lowest BCUT2D eigenvalue weighted by molar-refractivity contribution is 0.122. The number of anilines is 1. The molecule has 1 aromatic carbocycles. The second-order valence-corrected chi connectivity index (χ2v) is 9.77. The number of piperazine rings is 1. The summed E-state index contributed by atoms with van der Waals surface area (Å²) in [6.45, 7) is 8.32. The van der Waals surface area contributed by atoms with Crippen molar-refractivity contribution in [3.63, 3.8) is 0 Å². The van der Waals surface area contributed by atoms with Gasteiger partial charge in [-0.1, -0.05) is 0 Å². The number of rotatable bonds is 4. The van der Waals surface area contributed by atoms with Gasteiger partial charge in [-0.2, -0.15) is 13.5 Å². The Morgan fingerprint density at radius 1 is 1.06 bits per heavy atom. The van der Waals surface area contributed by atoms with Crippen molar-refractivity contribution in [2.75, 3.05) is 64.4 Å². The zero-order valence-corrected chi connectivity index (χ0v) is 21.0. The fourth-order valence-corrected chi connectivity index (χ4v) is 5.38. The SMILES string of the molecule is CN1CCN(Cc2nc3nc(-c4ccc5[nH]ncc5c4)nc(N4CCOCC4)c3s2)CC1.O=S=O. The Kier molecular flexibility index (Phi) is 7.39. The summed E-state index contributed by atoms with van der Waals surface area (Å²) >= 11 is 0.981. The highest BCUT2D eigenvalue weighted by Gasteiger charge is 2.22. The van der Waals surface area contributed by atoms with Crippen LogP contribution in [0, 0.1) is 0 Å². The van der Waals surface area contributed by atoms with Crippen LogP contribution in [0.5, 0.6) is 0 Å². The molecule has 5 heterocycles. The highest BCUT2D eigenvalue weighted by Crippen LogP contribution is 2.33. The van der Waals surface area contributed by atoms with Crippen molar-refractivity contribution >= 4 is 50.0 Å². The van der Waals surface area contributed by atoms with E-state index in [0.29, 0.717) is 5.82 Å². The molecule has 2 fully saturated rings. The first-order valence-electron chi connectivity index (χ1n) is 11.4. The van der Waals surface area contributed by atoms with Gasteiger partial charge in [0.05, 0.1) is 31.5 Å². The molecule has 0 radical (unpaired) electrons. The molecule has 2 saturated heterocycles. The monoisotopic (exact) mass is 514 g/mol. The molecule has 0 unspecified atom stereocenters. The number of morpholine rings is 1. The highest BCUT2D eigenvalue weighted by molar-refractivity contribution is 7.51. The molecule has 184 valence electrons. The molecule has 35 heavy (non-hydrogen) atoms. The maximum atomic E-state index is 8.29. The topological polar surface area (TPSA) is 120 Å². The van der Waals surface area contributed by atoms with Gasteiger partial charge in [0.2, 0.25) is 0 Å². The average Bonchev–Trinajstić information content (AvgIpc) is 3.52. The van der Waals surface area contributed by atoms with Crippen molar-refractivity contribution in [2.45, 2.75) is 6.54 Å². The summed E-state index contributed by atoms with van der Waals surface area (Å²) in [5, 5.41) is 9.30. The summed E-state index contributed by atoms with van der Waals surface area (Å²) in [5.74, 6) is 1.68. The zero-order chi connectivity index (χ0) is 24.2. The minimum Gasteiger partial charge on any atom is -0.378 e. The van der Waals surface area contributed by atoms with Gasteiger partial charge in [-0.25, -0.2) is 15.0 Å². The van der Waals surface area contributed by atoms with E-state index in [0.717, 1.165) is 96.7 Å². The van der Waals surface area contributed by atoms with Crippen LogP contribution in [0.4, 0.5) is 5.82 Å². The Bertz CT molecular complexity index is 1340. The summed E-state index contributed by atoms with van der Waals surface area (Å²) in [4.78, 5) is 22.0. The molecule has 6 rings (SSSR count). The van der Waals surface area contributed by atoms with Crippen LogP contribution in [0.2, 0.25) is 0 Å². The van der Waals surface area contributed by atoms with E-state index in [1.807, 2.05) is 18.3 Å². The maximum absolute atomic E-state index is 8.29. The van der Waals surface area contributed by atoms with Gasteiger partial charge in [-0.3, -0.25) is 10.00 Å². The predicted octanol–water partition coefficient (Wildman–Crippen LogP) is 1.54. The number of benzene rings is 1. The summed E-state index contributed by atoms with van der Waals surface area (Å²) in [7, 11) is 2.18. The van der Waals surface area contributed by atoms with Crippen LogP contribution >= 0.6 is 11.3 Å². The molecule has 0 amide bonds. The van der Waals surface area contributed by atoms with Crippen LogP contribution in [0.25, 0.3) is 32.6 Å². The van der Waals surface area contributed by atoms with Crippen LogP contribution in [-0.2, 0) is 22.9 Å². The van der Waals surface area contributed by atoms with Crippen LogP contribution < -0.4 is 4.90 Å². The fraction of sp³-hybridized carbons (Fsp3) is 0.455. The molecule has 3 aromatic heterocycles. The molecular formula is C22H26N8O3S2. The number of thiazole rings is 1. The third-order valence-corrected chi connectivity index (χ3v) is 7.27. The average molecular weight is 515 g/mol. The van der Waals surface area contributed by atoms with Crippen molar-refractivity contribution in [1.82, 2.24) is 34.9 Å². The zero-order valence-electron chi connectivity index (χ0n) is 19.3. The van der Waals surface area contributed by atoms with Gasteiger partial charge in [0.15, 0.2) is 17.3 Å². The van der Waals surface area contributed by atoms with Gasteiger partial charge in [-0.05, 0) is 25.2 Å². The van der Waals surface area contributed by atoms with E-state index >= 15 is 0 Å². The van der Waals surface area contributed by atoms with Gasteiger partial charge >= 0.3 is 11.6 Å². The van der Waals surface area contributed by atoms with Gasteiger partial charge in [-0.15, -0.1) is 11.3 Å². The number of H-pyrrole nitrogens is 1. The van der Waals surface area contributed by atoms with E-state index in [1.165, 1.54) is 0 Å². The number of ether oxygens (including phenoxy) is 1. The van der Waals surface area contributed by atoms with Crippen LogP contribution in [0.3, 0.4) is 0 Å². The number of nitrogens with zero attached hydrogens (tertiary/aromatic N) is 7. The molecule has 0 spiro atoms. The first kappa shape index (κ1) is 23.9. The lowest BCUT2D eigenvalue weighted by Crippen LogP contribution is -2.43. The van der Waals surface area contributed by atoms with Crippen molar-refractivity contribution in [1.29, 1.82) is 0 Å². The summed E-state index contributed by atoms with van der Waals surface area (Å²) in [5.41, 5.74) is 2.77.